The Bertz CT molecular complexity index is 1120. The molecule has 0 radical (unpaired) electrons. The molecule has 5 atom stereocenters. The van der Waals surface area contributed by atoms with E-state index in [9.17, 15) is 32.9 Å². The SMILES string of the molecule is NS(=O)(=O)c1ccc(NC(=S)N[C@@H]2O[C@H](C(=O)Nc3ccc(F)cc3)[C@@H](O)[C@H](O)[C@H]2O)cc1. The monoisotopic (exact) mass is 500 g/mol. The number of hydrogen-bond acceptors (Lipinski definition) is 8. The first-order valence-electron chi connectivity index (χ1n) is 9.42. The van der Waals surface area contributed by atoms with Gasteiger partial charge in [0, 0.05) is 11.4 Å². The van der Waals surface area contributed by atoms with Crippen LogP contribution < -0.4 is 21.1 Å². The van der Waals surface area contributed by atoms with Gasteiger partial charge in [-0.2, -0.15) is 0 Å². The van der Waals surface area contributed by atoms with Crippen LogP contribution in [-0.4, -0.2) is 65.4 Å². The van der Waals surface area contributed by atoms with E-state index in [1.807, 2.05) is 0 Å². The molecular formula is C19H21FN4O7S2. The molecule has 2 aromatic carbocycles. The van der Waals surface area contributed by atoms with Crippen molar-refractivity contribution in [2.75, 3.05) is 10.6 Å². The van der Waals surface area contributed by atoms with Gasteiger partial charge in [0.25, 0.3) is 5.91 Å². The summed E-state index contributed by atoms with van der Waals surface area (Å²) in [6.07, 6.45) is -8.15. The van der Waals surface area contributed by atoms with Gasteiger partial charge in [0.2, 0.25) is 10.0 Å². The molecule has 1 fully saturated rings. The first kappa shape index (κ1) is 24.9. The Hall–Kier alpha value is -2.72. The molecule has 2 aromatic rings. The van der Waals surface area contributed by atoms with E-state index >= 15 is 0 Å². The van der Waals surface area contributed by atoms with Crippen LogP contribution in [0.15, 0.2) is 53.4 Å². The largest absolute Gasteiger partial charge is 0.387 e. The van der Waals surface area contributed by atoms with Crippen molar-refractivity contribution < 1.29 is 37.7 Å². The molecule has 178 valence electrons. The molecule has 0 aliphatic carbocycles. The van der Waals surface area contributed by atoms with Crippen molar-refractivity contribution in [2.24, 2.45) is 5.14 Å². The predicted octanol–water partition coefficient (Wildman–Crippen LogP) is -0.794. The number of thiocarbonyl (C=S) groups is 1. The average molecular weight is 501 g/mol. The van der Waals surface area contributed by atoms with E-state index in [2.05, 4.69) is 16.0 Å². The van der Waals surface area contributed by atoms with Gasteiger partial charge in [0.1, 0.15) is 24.1 Å². The zero-order valence-electron chi connectivity index (χ0n) is 16.8. The second-order valence-corrected chi connectivity index (χ2v) is 9.08. The number of primary sulfonamides is 1. The van der Waals surface area contributed by atoms with Gasteiger partial charge in [0.15, 0.2) is 17.4 Å². The number of carbonyl (C=O) groups excluding carboxylic acids is 1. The second-order valence-electron chi connectivity index (χ2n) is 7.11. The normalized spacial score (nSPS) is 25.2. The van der Waals surface area contributed by atoms with E-state index in [-0.39, 0.29) is 15.7 Å². The molecule has 33 heavy (non-hydrogen) atoms. The van der Waals surface area contributed by atoms with Gasteiger partial charge in [-0.1, -0.05) is 0 Å². The van der Waals surface area contributed by atoms with Crippen molar-refractivity contribution in [1.29, 1.82) is 0 Å². The van der Waals surface area contributed by atoms with E-state index in [4.69, 9.17) is 22.1 Å². The number of halogens is 1. The summed E-state index contributed by atoms with van der Waals surface area (Å²) >= 11 is 5.13. The highest BCUT2D eigenvalue weighted by Crippen LogP contribution is 2.22. The van der Waals surface area contributed by atoms with Gasteiger partial charge >= 0.3 is 0 Å². The Balaban J connectivity index is 1.65. The molecule has 0 aromatic heterocycles. The molecule has 1 aliphatic rings. The number of hydrogen-bond donors (Lipinski definition) is 7. The smallest absolute Gasteiger partial charge is 0.256 e. The Morgan fingerprint density at radius 2 is 1.48 bits per heavy atom. The summed E-state index contributed by atoms with van der Waals surface area (Å²) in [5, 5.41) is 43.2. The molecule has 1 saturated heterocycles. The number of aliphatic hydroxyl groups is 3. The molecule has 3 rings (SSSR count). The topological polar surface area (TPSA) is 183 Å². The molecule has 14 heteroatoms. The van der Waals surface area contributed by atoms with Gasteiger partial charge in [-0.3, -0.25) is 4.79 Å². The fourth-order valence-electron chi connectivity index (χ4n) is 2.99. The highest BCUT2D eigenvalue weighted by atomic mass is 32.2. The molecule has 0 saturated carbocycles. The van der Waals surface area contributed by atoms with Crippen LogP contribution >= 0.6 is 12.2 Å². The molecule has 1 aliphatic heterocycles. The number of anilines is 2. The summed E-state index contributed by atoms with van der Waals surface area (Å²) in [6.45, 7) is 0. The molecule has 1 heterocycles. The number of nitrogens with two attached hydrogens (primary N) is 1. The number of nitrogens with one attached hydrogen (secondary N) is 3. The van der Waals surface area contributed by atoms with E-state index in [1.165, 1.54) is 36.4 Å². The summed E-state index contributed by atoms with van der Waals surface area (Å²) < 4.78 is 41.1. The van der Waals surface area contributed by atoms with Crippen LogP contribution in [0.25, 0.3) is 0 Å². The van der Waals surface area contributed by atoms with E-state index in [0.29, 0.717) is 5.69 Å². The fourth-order valence-corrected chi connectivity index (χ4v) is 3.74. The Kier molecular flexibility index (Phi) is 7.58. The first-order chi connectivity index (χ1) is 15.5. The molecule has 1 amide bonds. The third kappa shape index (κ3) is 6.20. The quantitative estimate of drug-likeness (QED) is 0.257. The summed E-state index contributed by atoms with van der Waals surface area (Å²) in [4.78, 5) is 12.4. The third-order valence-electron chi connectivity index (χ3n) is 4.70. The lowest BCUT2D eigenvalue weighted by Crippen LogP contribution is -2.65. The number of amides is 1. The maximum Gasteiger partial charge on any atom is 0.256 e. The highest BCUT2D eigenvalue weighted by Gasteiger charge is 2.47. The first-order valence-corrected chi connectivity index (χ1v) is 11.4. The summed E-state index contributed by atoms with van der Waals surface area (Å²) in [5.41, 5.74) is 0.596. The van der Waals surface area contributed by atoms with Gasteiger partial charge in [-0.05, 0) is 60.7 Å². The lowest BCUT2D eigenvalue weighted by molar-refractivity contribution is -0.221. The van der Waals surface area contributed by atoms with E-state index < -0.39 is 52.4 Å². The second kappa shape index (κ2) is 10.0. The minimum Gasteiger partial charge on any atom is -0.387 e. The van der Waals surface area contributed by atoms with Crippen LogP contribution in [0.3, 0.4) is 0 Å². The van der Waals surface area contributed by atoms with Crippen molar-refractivity contribution in [2.45, 2.75) is 35.5 Å². The summed E-state index contributed by atoms with van der Waals surface area (Å²) in [7, 11) is -3.87. The Morgan fingerprint density at radius 3 is 2.06 bits per heavy atom. The molecule has 8 N–H and O–H groups in total. The number of aliphatic hydroxyl groups excluding tert-OH is 3. The predicted molar refractivity (Wildman–Crippen MR) is 119 cm³/mol. The minimum absolute atomic E-state index is 0.0938. The van der Waals surface area contributed by atoms with E-state index in [1.54, 1.807) is 0 Å². The molecule has 11 nitrogen and oxygen atoms in total. The van der Waals surface area contributed by atoms with Crippen molar-refractivity contribution in [3.8, 4) is 0 Å². The van der Waals surface area contributed by atoms with Crippen LogP contribution in [-0.2, 0) is 19.6 Å². The Labute approximate surface area is 193 Å². The van der Waals surface area contributed by atoms with Gasteiger partial charge < -0.3 is 36.0 Å². The fraction of sp³-hybridized carbons (Fsp3) is 0.263. The molecule has 0 unspecified atom stereocenters. The third-order valence-corrected chi connectivity index (χ3v) is 5.85. The van der Waals surface area contributed by atoms with Gasteiger partial charge in [0.05, 0.1) is 4.90 Å². The lowest BCUT2D eigenvalue weighted by Gasteiger charge is -2.40. The van der Waals surface area contributed by atoms with Crippen LogP contribution in [0.1, 0.15) is 0 Å². The minimum atomic E-state index is -3.87. The summed E-state index contributed by atoms with van der Waals surface area (Å²) in [5.74, 6) is -1.35. The van der Waals surface area contributed by atoms with Crippen molar-refractivity contribution in [1.82, 2.24) is 5.32 Å². The summed E-state index contributed by atoms with van der Waals surface area (Å²) in [6, 6.07) is 10.1. The van der Waals surface area contributed by atoms with E-state index in [0.717, 1.165) is 12.1 Å². The standard InChI is InChI=1S/C19H21FN4O7S2/c20-9-1-3-10(4-2-9)22-17(28)16-14(26)13(25)15(27)18(31-16)24-19(32)23-11-5-7-12(8-6-11)33(21,29)30/h1-8,13-16,18,25-27H,(H,22,28)(H2,21,29,30)(H2,23,24,32)/t13-,14-,15+,16-,18+/m0/s1. The average Bonchev–Trinajstić information content (AvgIpc) is 2.75. The van der Waals surface area contributed by atoms with Gasteiger partial charge in [-0.15, -0.1) is 0 Å². The number of benzene rings is 2. The lowest BCUT2D eigenvalue weighted by atomic mass is 9.97. The number of sulfonamides is 1. The number of ether oxygens (including phenoxy) is 1. The van der Waals surface area contributed by atoms with Crippen LogP contribution in [0, 0.1) is 5.82 Å². The van der Waals surface area contributed by atoms with Crippen molar-refractivity contribution in [3.63, 3.8) is 0 Å². The van der Waals surface area contributed by atoms with Crippen molar-refractivity contribution >= 4 is 44.6 Å². The zero-order chi connectivity index (χ0) is 24.3. The van der Waals surface area contributed by atoms with Crippen LogP contribution in [0.4, 0.5) is 15.8 Å². The van der Waals surface area contributed by atoms with Gasteiger partial charge in [-0.25, -0.2) is 17.9 Å². The molecule has 0 spiro atoms. The zero-order valence-corrected chi connectivity index (χ0v) is 18.4. The maximum atomic E-state index is 13.0. The maximum absolute atomic E-state index is 13.0. The number of rotatable bonds is 5. The Morgan fingerprint density at radius 1 is 0.939 bits per heavy atom. The highest BCUT2D eigenvalue weighted by molar-refractivity contribution is 7.89. The molecular weight excluding hydrogens is 479 g/mol. The number of carbonyl (C=O) groups is 1. The van der Waals surface area contributed by atoms with Crippen LogP contribution in [0.5, 0.6) is 0 Å². The van der Waals surface area contributed by atoms with Crippen molar-refractivity contribution in [3.05, 3.63) is 54.3 Å². The van der Waals surface area contributed by atoms with Crippen LogP contribution in [0.2, 0.25) is 0 Å². The molecule has 0 bridgehead atoms.